The Morgan fingerprint density at radius 3 is 2.75 bits per heavy atom. The van der Waals surface area contributed by atoms with Gasteiger partial charge in [-0.05, 0) is 25.4 Å². The third-order valence-corrected chi connectivity index (χ3v) is 1.63. The van der Waals surface area contributed by atoms with Gasteiger partial charge >= 0.3 is 0 Å². The number of hydrogen-bond acceptors (Lipinski definition) is 2. The Hall–Kier alpha value is -0.0800. The highest BCUT2D eigenvalue weighted by Gasteiger charge is 2.32. The molecular formula is C6H14N2. The first kappa shape index (κ1) is 6.05. The van der Waals surface area contributed by atoms with Gasteiger partial charge in [0.15, 0.2) is 0 Å². The van der Waals surface area contributed by atoms with Gasteiger partial charge in [-0.25, -0.2) is 0 Å². The second-order valence-electron chi connectivity index (χ2n) is 2.47. The van der Waals surface area contributed by atoms with E-state index in [0.29, 0.717) is 6.04 Å². The topological polar surface area (TPSA) is 38.0 Å². The number of hydrogen-bond donors (Lipinski definition) is 2. The van der Waals surface area contributed by atoms with Crippen LogP contribution in [0, 0.1) is 5.92 Å². The van der Waals surface area contributed by atoms with E-state index in [4.69, 9.17) is 5.73 Å². The van der Waals surface area contributed by atoms with E-state index in [1.54, 1.807) is 0 Å². The van der Waals surface area contributed by atoms with Crippen molar-refractivity contribution >= 4 is 0 Å². The molecule has 2 unspecified atom stereocenters. The highest BCUT2D eigenvalue weighted by atomic mass is 14.9. The predicted molar refractivity (Wildman–Crippen MR) is 34.6 cm³/mol. The summed E-state index contributed by atoms with van der Waals surface area (Å²) < 4.78 is 0. The molecular weight excluding hydrogens is 100 g/mol. The first-order valence-electron chi connectivity index (χ1n) is 3.31. The monoisotopic (exact) mass is 114 g/mol. The lowest BCUT2D eigenvalue weighted by atomic mass is 10.4. The SMILES string of the molecule is CCNCC1CC1N. The van der Waals surface area contributed by atoms with Gasteiger partial charge in [-0.3, -0.25) is 0 Å². The summed E-state index contributed by atoms with van der Waals surface area (Å²) >= 11 is 0. The van der Waals surface area contributed by atoms with Crippen LogP contribution in [0.2, 0.25) is 0 Å². The van der Waals surface area contributed by atoms with Gasteiger partial charge in [0.1, 0.15) is 0 Å². The van der Waals surface area contributed by atoms with Crippen LogP contribution in [-0.2, 0) is 0 Å². The molecule has 2 nitrogen and oxygen atoms in total. The Morgan fingerprint density at radius 1 is 1.75 bits per heavy atom. The third kappa shape index (κ3) is 1.46. The van der Waals surface area contributed by atoms with Gasteiger partial charge in [-0.2, -0.15) is 0 Å². The fourth-order valence-corrected chi connectivity index (χ4v) is 0.835. The summed E-state index contributed by atoms with van der Waals surface area (Å²) in [6.07, 6.45) is 1.23. The lowest BCUT2D eigenvalue weighted by Crippen LogP contribution is -2.18. The van der Waals surface area contributed by atoms with Crippen molar-refractivity contribution in [3.05, 3.63) is 0 Å². The van der Waals surface area contributed by atoms with Crippen molar-refractivity contribution in [3.8, 4) is 0 Å². The van der Waals surface area contributed by atoms with E-state index in [1.165, 1.54) is 6.42 Å². The number of nitrogens with one attached hydrogen (secondary N) is 1. The molecule has 48 valence electrons. The van der Waals surface area contributed by atoms with Gasteiger partial charge in [-0.1, -0.05) is 6.92 Å². The summed E-state index contributed by atoms with van der Waals surface area (Å²) in [4.78, 5) is 0. The molecule has 0 radical (unpaired) electrons. The molecule has 1 rings (SSSR count). The summed E-state index contributed by atoms with van der Waals surface area (Å²) in [6, 6.07) is 0.508. The second-order valence-corrected chi connectivity index (χ2v) is 2.47. The first-order valence-corrected chi connectivity index (χ1v) is 3.31. The van der Waals surface area contributed by atoms with Crippen LogP contribution in [0.25, 0.3) is 0 Å². The lowest BCUT2D eigenvalue weighted by molar-refractivity contribution is 0.647. The van der Waals surface area contributed by atoms with Crippen LogP contribution < -0.4 is 11.1 Å². The minimum Gasteiger partial charge on any atom is -0.327 e. The van der Waals surface area contributed by atoms with E-state index < -0.39 is 0 Å². The molecule has 0 amide bonds. The zero-order valence-corrected chi connectivity index (χ0v) is 5.35. The summed E-state index contributed by atoms with van der Waals surface area (Å²) in [5.74, 6) is 0.787. The van der Waals surface area contributed by atoms with E-state index >= 15 is 0 Å². The molecule has 1 aliphatic rings. The van der Waals surface area contributed by atoms with Crippen molar-refractivity contribution in [2.75, 3.05) is 13.1 Å². The van der Waals surface area contributed by atoms with Crippen LogP contribution in [-0.4, -0.2) is 19.1 Å². The van der Waals surface area contributed by atoms with E-state index in [-0.39, 0.29) is 0 Å². The van der Waals surface area contributed by atoms with Gasteiger partial charge in [0.05, 0.1) is 0 Å². The van der Waals surface area contributed by atoms with E-state index in [2.05, 4.69) is 12.2 Å². The zero-order chi connectivity index (χ0) is 5.98. The highest BCUT2D eigenvalue weighted by Crippen LogP contribution is 2.26. The number of rotatable bonds is 3. The normalized spacial score (nSPS) is 35.2. The summed E-state index contributed by atoms with van der Waals surface area (Å²) in [7, 11) is 0. The molecule has 0 bridgehead atoms. The molecule has 2 heteroatoms. The molecule has 3 N–H and O–H groups in total. The fourth-order valence-electron chi connectivity index (χ4n) is 0.835. The maximum Gasteiger partial charge on any atom is 0.00835 e. The average molecular weight is 114 g/mol. The quantitative estimate of drug-likeness (QED) is 0.539. The maximum absolute atomic E-state index is 5.57. The van der Waals surface area contributed by atoms with Crippen LogP contribution in [0.15, 0.2) is 0 Å². The standard InChI is InChI=1S/C6H14N2/c1-2-8-4-5-3-6(5)7/h5-6,8H,2-4,7H2,1H3. The molecule has 0 aliphatic heterocycles. The van der Waals surface area contributed by atoms with Crippen molar-refractivity contribution in [1.82, 2.24) is 5.32 Å². The minimum atomic E-state index is 0.508. The average Bonchev–Trinajstić information content (AvgIpc) is 2.42. The van der Waals surface area contributed by atoms with Crippen molar-refractivity contribution in [2.24, 2.45) is 11.7 Å². The Bertz CT molecular complexity index is 72.9. The second kappa shape index (κ2) is 2.46. The highest BCUT2D eigenvalue weighted by molar-refractivity contribution is 4.90. The van der Waals surface area contributed by atoms with Gasteiger partial charge < -0.3 is 11.1 Å². The van der Waals surface area contributed by atoms with Gasteiger partial charge in [0.2, 0.25) is 0 Å². The predicted octanol–water partition coefficient (Wildman–Crippen LogP) is -0.0569. The van der Waals surface area contributed by atoms with Crippen LogP contribution in [0.4, 0.5) is 0 Å². The smallest absolute Gasteiger partial charge is 0.00835 e. The molecule has 0 aromatic rings. The van der Waals surface area contributed by atoms with E-state index in [9.17, 15) is 0 Å². The van der Waals surface area contributed by atoms with Crippen LogP contribution >= 0.6 is 0 Å². The van der Waals surface area contributed by atoms with Gasteiger partial charge in [0, 0.05) is 6.04 Å². The molecule has 2 atom stereocenters. The van der Waals surface area contributed by atoms with Crippen molar-refractivity contribution in [1.29, 1.82) is 0 Å². The van der Waals surface area contributed by atoms with Crippen molar-refractivity contribution in [2.45, 2.75) is 19.4 Å². The summed E-state index contributed by atoms with van der Waals surface area (Å²) in [6.45, 7) is 4.31. The molecule has 1 aliphatic carbocycles. The molecule has 0 aromatic carbocycles. The Labute approximate surface area is 50.4 Å². The Morgan fingerprint density at radius 2 is 2.38 bits per heavy atom. The Balaban J connectivity index is 1.89. The van der Waals surface area contributed by atoms with E-state index in [0.717, 1.165) is 19.0 Å². The first-order chi connectivity index (χ1) is 3.84. The largest absolute Gasteiger partial charge is 0.327 e. The summed E-state index contributed by atoms with van der Waals surface area (Å²) in [5, 5.41) is 3.26. The molecule has 1 fully saturated rings. The fraction of sp³-hybridized carbons (Fsp3) is 1.00. The molecule has 0 aromatic heterocycles. The molecule has 0 saturated heterocycles. The van der Waals surface area contributed by atoms with Crippen LogP contribution in [0.5, 0.6) is 0 Å². The van der Waals surface area contributed by atoms with Crippen molar-refractivity contribution < 1.29 is 0 Å². The van der Waals surface area contributed by atoms with Crippen molar-refractivity contribution in [3.63, 3.8) is 0 Å². The Kier molecular flexibility index (Phi) is 1.86. The van der Waals surface area contributed by atoms with Gasteiger partial charge in [0.25, 0.3) is 0 Å². The van der Waals surface area contributed by atoms with Crippen LogP contribution in [0.1, 0.15) is 13.3 Å². The summed E-state index contributed by atoms with van der Waals surface area (Å²) in [5.41, 5.74) is 5.57. The maximum atomic E-state index is 5.57. The van der Waals surface area contributed by atoms with Crippen LogP contribution in [0.3, 0.4) is 0 Å². The minimum absolute atomic E-state index is 0.508. The van der Waals surface area contributed by atoms with E-state index in [1.807, 2.05) is 0 Å². The zero-order valence-electron chi connectivity index (χ0n) is 5.35. The molecule has 8 heavy (non-hydrogen) atoms. The van der Waals surface area contributed by atoms with Gasteiger partial charge in [-0.15, -0.1) is 0 Å². The molecule has 0 spiro atoms. The third-order valence-electron chi connectivity index (χ3n) is 1.63. The lowest BCUT2D eigenvalue weighted by Gasteiger charge is -1.95. The number of nitrogens with two attached hydrogens (primary N) is 1. The molecule has 0 heterocycles. The molecule has 1 saturated carbocycles.